The third-order valence-electron chi connectivity index (χ3n) is 11.8. The molecule has 0 bridgehead atoms. The lowest BCUT2D eigenvalue weighted by molar-refractivity contribution is 1.26. The number of fused-ring (bicyclic) bond motifs is 6. The fourth-order valence-corrected chi connectivity index (χ4v) is 8.81. The van der Waals surface area contributed by atoms with Crippen molar-refractivity contribution in [2.45, 2.75) is 6.42 Å². The van der Waals surface area contributed by atoms with E-state index in [1.54, 1.807) is 0 Å². The molecule has 0 aromatic heterocycles. The zero-order valence-corrected chi connectivity index (χ0v) is 31.4. The standard InChI is InChI=1S/C55H37BN/c1-2-8-37(9-3-1)38-14-16-39(17-15-38)40-18-26-47(27-19-40)57(48-28-20-41(21-29-48)43-24-32-51-46(34-43)35-45-10-4-5-11-50(45)51)49-30-22-42(23-31-49)44-25-33-53-52-12-6-7-13-54(52)56-55(53)36-44/h1-34,36H,35H2. The molecule has 11 rings (SSSR count). The fraction of sp³-hybridized carbons (Fsp3) is 0.0182. The van der Waals surface area contributed by atoms with Crippen LogP contribution >= 0.6 is 0 Å². The van der Waals surface area contributed by atoms with Crippen LogP contribution in [0.5, 0.6) is 0 Å². The summed E-state index contributed by atoms with van der Waals surface area (Å²) in [5, 5.41) is 0. The summed E-state index contributed by atoms with van der Waals surface area (Å²) in [6.45, 7) is 0. The third-order valence-corrected chi connectivity index (χ3v) is 11.8. The van der Waals surface area contributed by atoms with Crippen LogP contribution in [0, 0.1) is 0 Å². The Labute approximate surface area is 335 Å². The van der Waals surface area contributed by atoms with E-state index in [1.165, 1.54) is 88.8 Å². The molecule has 9 aromatic carbocycles. The monoisotopic (exact) mass is 722 g/mol. The third kappa shape index (κ3) is 6.07. The molecule has 265 valence electrons. The molecule has 0 unspecified atom stereocenters. The van der Waals surface area contributed by atoms with Crippen molar-refractivity contribution in [1.29, 1.82) is 0 Å². The summed E-state index contributed by atoms with van der Waals surface area (Å²) in [5.41, 5.74) is 23.8. The number of rotatable bonds is 7. The van der Waals surface area contributed by atoms with E-state index in [-0.39, 0.29) is 0 Å². The molecular formula is C55H37BN. The Morgan fingerprint density at radius 3 is 1.30 bits per heavy atom. The van der Waals surface area contributed by atoms with Gasteiger partial charge in [-0.25, -0.2) is 0 Å². The number of hydrogen-bond donors (Lipinski definition) is 0. The smallest absolute Gasteiger partial charge is 0.193 e. The van der Waals surface area contributed by atoms with Crippen LogP contribution in [0.15, 0.2) is 212 Å². The van der Waals surface area contributed by atoms with Gasteiger partial charge in [0.15, 0.2) is 7.28 Å². The van der Waals surface area contributed by atoms with E-state index in [2.05, 4.69) is 225 Å². The fourth-order valence-electron chi connectivity index (χ4n) is 8.81. The zero-order chi connectivity index (χ0) is 37.7. The van der Waals surface area contributed by atoms with Gasteiger partial charge in [-0.2, -0.15) is 0 Å². The Hall–Kier alpha value is -7.16. The first kappa shape index (κ1) is 33.2. The van der Waals surface area contributed by atoms with Crippen LogP contribution in [0.4, 0.5) is 17.1 Å². The van der Waals surface area contributed by atoms with Crippen molar-refractivity contribution >= 4 is 35.3 Å². The molecule has 0 atom stereocenters. The Morgan fingerprint density at radius 1 is 0.281 bits per heavy atom. The van der Waals surface area contributed by atoms with Gasteiger partial charge in [0.05, 0.1) is 0 Å². The average molecular weight is 723 g/mol. The molecule has 9 aromatic rings. The normalized spacial score (nSPS) is 11.9. The van der Waals surface area contributed by atoms with Crippen LogP contribution in [0.25, 0.3) is 66.8 Å². The summed E-state index contributed by atoms with van der Waals surface area (Å²) >= 11 is 0. The molecule has 0 saturated carbocycles. The van der Waals surface area contributed by atoms with Crippen LogP contribution in [0.1, 0.15) is 11.1 Å². The molecule has 0 saturated heterocycles. The molecule has 0 spiro atoms. The molecule has 57 heavy (non-hydrogen) atoms. The van der Waals surface area contributed by atoms with E-state index in [4.69, 9.17) is 0 Å². The largest absolute Gasteiger partial charge is 0.311 e. The predicted molar refractivity (Wildman–Crippen MR) is 242 cm³/mol. The van der Waals surface area contributed by atoms with Gasteiger partial charge in [-0.15, -0.1) is 0 Å². The molecule has 2 heteroatoms. The second-order valence-electron chi connectivity index (χ2n) is 15.2. The second kappa shape index (κ2) is 13.9. The van der Waals surface area contributed by atoms with Gasteiger partial charge in [0, 0.05) is 17.1 Å². The second-order valence-corrected chi connectivity index (χ2v) is 15.2. The highest BCUT2D eigenvalue weighted by molar-refractivity contribution is 6.73. The van der Waals surface area contributed by atoms with E-state index >= 15 is 0 Å². The molecule has 1 radical (unpaired) electrons. The maximum atomic E-state index is 2.38. The Kier molecular flexibility index (Phi) is 8.07. The van der Waals surface area contributed by atoms with Gasteiger partial charge in [-0.05, 0) is 121 Å². The summed E-state index contributed by atoms with van der Waals surface area (Å²) in [7, 11) is 2.30. The Balaban J connectivity index is 0.917. The van der Waals surface area contributed by atoms with Gasteiger partial charge in [-0.3, -0.25) is 0 Å². The minimum atomic E-state index is 0.992. The maximum absolute atomic E-state index is 2.38. The van der Waals surface area contributed by atoms with Crippen molar-refractivity contribution in [1.82, 2.24) is 0 Å². The van der Waals surface area contributed by atoms with Crippen LogP contribution in [0.3, 0.4) is 0 Å². The Bertz CT molecular complexity index is 2770. The van der Waals surface area contributed by atoms with Crippen molar-refractivity contribution < 1.29 is 0 Å². The van der Waals surface area contributed by atoms with Crippen LogP contribution in [-0.2, 0) is 6.42 Å². The first-order valence-electron chi connectivity index (χ1n) is 19.8. The highest BCUT2D eigenvalue weighted by Gasteiger charge is 2.21. The van der Waals surface area contributed by atoms with Crippen molar-refractivity contribution in [3.8, 4) is 66.8 Å². The van der Waals surface area contributed by atoms with Gasteiger partial charge >= 0.3 is 0 Å². The lowest BCUT2D eigenvalue weighted by Crippen LogP contribution is -2.20. The van der Waals surface area contributed by atoms with Gasteiger partial charge in [0.2, 0.25) is 0 Å². The van der Waals surface area contributed by atoms with Gasteiger partial charge < -0.3 is 4.90 Å². The molecule has 0 fully saturated rings. The van der Waals surface area contributed by atoms with Gasteiger partial charge in [0.1, 0.15) is 0 Å². The lowest BCUT2D eigenvalue weighted by atomic mass is 9.67. The minimum absolute atomic E-state index is 0.992. The molecular weight excluding hydrogens is 685 g/mol. The Morgan fingerprint density at radius 2 is 0.684 bits per heavy atom. The van der Waals surface area contributed by atoms with E-state index in [0.717, 1.165) is 23.5 Å². The van der Waals surface area contributed by atoms with Crippen molar-refractivity contribution in [3.05, 3.63) is 223 Å². The molecule has 1 aliphatic heterocycles. The number of hydrogen-bond acceptors (Lipinski definition) is 1. The number of anilines is 3. The topological polar surface area (TPSA) is 3.24 Å². The van der Waals surface area contributed by atoms with Crippen molar-refractivity contribution in [2.24, 2.45) is 0 Å². The SMILES string of the molecule is [B]1c2ccccc2-c2ccc(-c3ccc(N(c4ccc(-c5ccc(-c6ccccc6)cc5)cc4)c4ccc(-c5ccc6c(c5)Cc5ccccc5-6)cc4)cc3)cc21. The minimum Gasteiger partial charge on any atom is -0.311 e. The van der Waals surface area contributed by atoms with Crippen LogP contribution < -0.4 is 15.8 Å². The predicted octanol–water partition coefficient (Wildman–Crippen LogP) is 13.0. The molecule has 0 amide bonds. The summed E-state index contributed by atoms with van der Waals surface area (Å²) < 4.78 is 0. The quantitative estimate of drug-likeness (QED) is 0.148. The summed E-state index contributed by atoms with van der Waals surface area (Å²) in [4.78, 5) is 2.36. The highest BCUT2D eigenvalue weighted by atomic mass is 15.1. The molecule has 1 aliphatic carbocycles. The summed E-state index contributed by atoms with van der Waals surface area (Å²) in [6.07, 6.45) is 0.992. The first-order chi connectivity index (χ1) is 28.2. The number of benzene rings is 9. The van der Waals surface area contributed by atoms with Gasteiger partial charge in [0.25, 0.3) is 0 Å². The van der Waals surface area contributed by atoms with Crippen LogP contribution in [0.2, 0.25) is 0 Å². The molecule has 1 heterocycles. The zero-order valence-electron chi connectivity index (χ0n) is 31.4. The maximum Gasteiger partial charge on any atom is 0.193 e. The van der Waals surface area contributed by atoms with E-state index < -0.39 is 0 Å². The van der Waals surface area contributed by atoms with Gasteiger partial charge in [-0.1, -0.05) is 187 Å². The van der Waals surface area contributed by atoms with Crippen molar-refractivity contribution in [3.63, 3.8) is 0 Å². The number of nitrogens with zero attached hydrogens (tertiary/aromatic N) is 1. The molecule has 1 nitrogen and oxygen atoms in total. The van der Waals surface area contributed by atoms with Crippen molar-refractivity contribution in [2.75, 3.05) is 4.90 Å². The average Bonchev–Trinajstić information content (AvgIpc) is 3.85. The van der Waals surface area contributed by atoms with Crippen LogP contribution in [-0.4, -0.2) is 7.28 Å². The summed E-state index contributed by atoms with van der Waals surface area (Å²) in [5.74, 6) is 0. The molecule has 0 N–H and O–H groups in total. The van der Waals surface area contributed by atoms with E-state index in [1.807, 2.05) is 0 Å². The van der Waals surface area contributed by atoms with E-state index in [9.17, 15) is 0 Å². The molecule has 2 aliphatic rings. The highest BCUT2D eigenvalue weighted by Crippen LogP contribution is 2.41. The summed E-state index contributed by atoms with van der Waals surface area (Å²) in [6, 6.07) is 77.7. The van der Waals surface area contributed by atoms with E-state index in [0.29, 0.717) is 0 Å². The lowest BCUT2D eigenvalue weighted by Gasteiger charge is -2.26. The first-order valence-corrected chi connectivity index (χ1v) is 19.8.